The summed E-state index contributed by atoms with van der Waals surface area (Å²) in [5.41, 5.74) is -0.0559. The van der Waals surface area contributed by atoms with Crippen molar-refractivity contribution in [2.24, 2.45) is 0 Å². The minimum atomic E-state index is -4.83. The molecular weight excluding hydrogens is 359 g/mol. The van der Waals surface area contributed by atoms with Crippen LogP contribution in [-0.2, 0) is 4.79 Å². The van der Waals surface area contributed by atoms with E-state index in [2.05, 4.69) is 0 Å². The molecule has 1 aromatic carbocycles. The van der Waals surface area contributed by atoms with Gasteiger partial charge in [-0.05, 0) is 25.0 Å². The predicted molar refractivity (Wildman–Crippen MR) is 90.3 cm³/mol. The molecule has 1 heterocycles. The van der Waals surface area contributed by atoms with E-state index in [-0.39, 0.29) is 11.3 Å². The molecule has 0 aromatic heterocycles. The Morgan fingerprint density at radius 2 is 1.88 bits per heavy atom. The van der Waals surface area contributed by atoms with E-state index in [1.54, 1.807) is 0 Å². The van der Waals surface area contributed by atoms with Crippen molar-refractivity contribution in [2.45, 2.75) is 39.0 Å². The monoisotopic (exact) mass is 377 g/mol. The van der Waals surface area contributed by atoms with Gasteiger partial charge in [0.1, 0.15) is 5.75 Å². The lowest BCUT2D eigenvalue weighted by Crippen LogP contribution is -2.40. The van der Waals surface area contributed by atoms with Gasteiger partial charge in [0, 0.05) is 24.7 Å². The summed E-state index contributed by atoms with van der Waals surface area (Å²) in [4.78, 5) is 13.1. The van der Waals surface area contributed by atoms with Crippen molar-refractivity contribution in [3.63, 3.8) is 0 Å². The van der Waals surface area contributed by atoms with Gasteiger partial charge in [0.15, 0.2) is 0 Å². The van der Waals surface area contributed by atoms with Gasteiger partial charge in [-0.15, -0.1) is 0 Å². The molecule has 1 atom stereocenters. The zero-order valence-corrected chi connectivity index (χ0v) is 14.6. The number of carbonyl (C=O) groups is 1. The minimum absolute atomic E-state index is 0.0241. The van der Waals surface area contributed by atoms with Gasteiger partial charge in [-0.3, -0.25) is 0 Å². The molecule has 25 heavy (non-hydrogen) atoms. The predicted octanol–water partition coefficient (Wildman–Crippen LogP) is 4.76. The molecule has 8 heteroatoms. The Kier molecular flexibility index (Phi) is 5.87. The van der Waals surface area contributed by atoms with E-state index in [9.17, 15) is 18.0 Å². The molecule has 0 spiro atoms. The van der Waals surface area contributed by atoms with Crippen molar-refractivity contribution >= 4 is 29.3 Å². The van der Waals surface area contributed by atoms with Gasteiger partial charge >= 0.3 is 12.1 Å². The number of aliphatic carboxylic acids is 1. The Bertz CT molecular complexity index is 682. The standard InChI is InChI=1S/C17H19ClF3NO3/c1-3-5-22(6-4-2)13-9-14-10(8-12(13)18)7-11(16(23)24)15(25-14)17(19,20)21/h7-9,15H,3-6H2,1-2H3,(H,23,24). The number of hydrogen-bond donors (Lipinski definition) is 1. The maximum atomic E-state index is 13.2. The van der Waals surface area contributed by atoms with Gasteiger partial charge in [0.25, 0.3) is 0 Å². The summed E-state index contributed by atoms with van der Waals surface area (Å²) in [6.07, 6.45) is -4.66. The molecule has 0 bridgehead atoms. The van der Waals surface area contributed by atoms with Crippen LogP contribution in [0.4, 0.5) is 18.9 Å². The number of fused-ring (bicyclic) bond motifs is 1. The van der Waals surface area contributed by atoms with E-state index in [1.807, 2.05) is 18.7 Å². The number of carboxylic acids is 1. The van der Waals surface area contributed by atoms with E-state index in [1.165, 1.54) is 12.1 Å². The first kappa shape index (κ1) is 19.4. The molecule has 1 aromatic rings. The van der Waals surface area contributed by atoms with Crippen LogP contribution in [0.1, 0.15) is 32.3 Å². The van der Waals surface area contributed by atoms with Crippen LogP contribution in [0, 0.1) is 0 Å². The smallest absolute Gasteiger partial charge is 0.430 e. The van der Waals surface area contributed by atoms with Crippen LogP contribution in [0.2, 0.25) is 5.02 Å². The number of nitrogens with zero attached hydrogens (tertiary/aromatic N) is 1. The molecule has 0 fully saturated rings. The Labute approximate surface area is 148 Å². The summed E-state index contributed by atoms with van der Waals surface area (Å²) < 4.78 is 44.5. The first-order valence-electron chi connectivity index (χ1n) is 7.95. The molecule has 2 rings (SSSR count). The second-order valence-electron chi connectivity index (χ2n) is 5.77. The van der Waals surface area contributed by atoms with E-state index in [4.69, 9.17) is 21.4 Å². The van der Waals surface area contributed by atoms with Crippen molar-refractivity contribution in [1.29, 1.82) is 0 Å². The van der Waals surface area contributed by atoms with Crippen LogP contribution < -0.4 is 9.64 Å². The summed E-state index contributed by atoms with van der Waals surface area (Å²) in [7, 11) is 0. The molecular formula is C17H19ClF3NO3. The first-order chi connectivity index (χ1) is 11.7. The Morgan fingerprint density at radius 1 is 1.28 bits per heavy atom. The molecule has 0 radical (unpaired) electrons. The second-order valence-corrected chi connectivity index (χ2v) is 6.18. The van der Waals surface area contributed by atoms with E-state index in [0.29, 0.717) is 23.8 Å². The van der Waals surface area contributed by atoms with Crippen LogP contribution in [0.3, 0.4) is 0 Å². The van der Waals surface area contributed by atoms with Crippen LogP contribution in [-0.4, -0.2) is 36.4 Å². The van der Waals surface area contributed by atoms with E-state index in [0.717, 1.165) is 18.9 Å². The van der Waals surface area contributed by atoms with Crippen molar-refractivity contribution in [3.8, 4) is 5.75 Å². The number of anilines is 1. The number of alkyl halides is 3. The summed E-state index contributed by atoms with van der Waals surface area (Å²) in [6, 6.07) is 2.90. The maximum absolute atomic E-state index is 13.2. The van der Waals surface area contributed by atoms with Gasteiger partial charge in [-0.1, -0.05) is 25.4 Å². The fourth-order valence-corrected chi connectivity index (χ4v) is 3.05. The molecule has 1 aliphatic heterocycles. The third-order valence-electron chi connectivity index (χ3n) is 3.79. The Morgan fingerprint density at radius 3 is 2.36 bits per heavy atom. The molecule has 0 saturated heterocycles. The summed E-state index contributed by atoms with van der Waals surface area (Å²) in [6.45, 7) is 5.39. The molecule has 138 valence electrons. The van der Waals surface area contributed by atoms with Gasteiger partial charge in [-0.2, -0.15) is 13.2 Å². The fraction of sp³-hybridized carbons (Fsp3) is 0.471. The van der Waals surface area contributed by atoms with Crippen molar-refractivity contribution in [1.82, 2.24) is 0 Å². The number of ether oxygens (including phenoxy) is 1. The average molecular weight is 378 g/mol. The topological polar surface area (TPSA) is 49.8 Å². The highest BCUT2D eigenvalue weighted by Gasteiger charge is 2.48. The zero-order chi connectivity index (χ0) is 18.8. The highest BCUT2D eigenvalue weighted by atomic mass is 35.5. The third kappa shape index (κ3) is 4.21. The lowest BCUT2D eigenvalue weighted by atomic mass is 10.0. The van der Waals surface area contributed by atoms with E-state index < -0.39 is 23.8 Å². The Hall–Kier alpha value is -1.89. The maximum Gasteiger partial charge on any atom is 0.430 e. The number of hydrogen-bond acceptors (Lipinski definition) is 3. The molecule has 1 unspecified atom stereocenters. The molecule has 1 N–H and O–H groups in total. The number of benzene rings is 1. The van der Waals surface area contributed by atoms with Crippen LogP contribution in [0.15, 0.2) is 17.7 Å². The molecule has 4 nitrogen and oxygen atoms in total. The highest BCUT2D eigenvalue weighted by molar-refractivity contribution is 6.33. The number of rotatable bonds is 6. The quantitative estimate of drug-likeness (QED) is 0.776. The molecule has 1 aliphatic rings. The zero-order valence-electron chi connectivity index (χ0n) is 13.9. The third-order valence-corrected chi connectivity index (χ3v) is 4.09. The highest BCUT2D eigenvalue weighted by Crippen LogP contribution is 2.41. The van der Waals surface area contributed by atoms with Crippen molar-refractivity contribution in [3.05, 3.63) is 28.3 Å². The second kappa shape index (κ2) is 7.56. The van der Waals surface area contributed by atoms with Gasteiger partial charge in [0.05, 0.1) is 16.3 Å². The summed E-state index contributed by atoms with van der Waals surface area (Å²) >= 11 is 6.28. The number of halogens is 4. The SMILES string of the molecule is CCCN(CCC)c1cc2c(cc1Cl)C=C(C(=O)O)C(C(F)(F)F)O2. The van der Waals surface area contributed by atoms with E-state index >= 15 is 0 Å². The van der Waals surface area contributed by atoms with Gasteiger partial charge in [-0.25, -0.2) is 4.79 Å². The molecule has 0 saturated carbocycles. The normalized spacial score (nSPS) is 16.7. The summed E-state index contributed by atoms with van der Waals surface area (Å²) in [5.74, 6) is -1.70. The minimum Gasteiger partial charge on any atom is -0.478 e. The van der Waals surface area contributed by atoms with Gasteiger partial charge < -0.3 is 14.7 Å². The van der Waals surface area contributed by atoms with Crippen LogP contribution >= 0.6 is 11.6 Å². The largest absolute Gasteiger partial charge is 0.478 e. The van der Waals surface area contributed by atoms with Crippen LogP contribution in [0.25, 0.3) is 6.08 Å². The fourth-order valence-electron chi connectivity index (χ4n) is 2.76. The van der Waals surface area contributed by atoms with Crippen molar-refractivity contribution in [2.75, 3.05) is 18.0 Å². The lowest BCUT2D eigenvalue weighted by molar-refractivity contribution is -0.187. The Balaban J connectivity index is 2.51. The molecule has 0 amide bonds. The average Bonchev–Trinajstić information content (AvgIpc) is 2.52. The lowest BCUT2D eigenvalue weighted by Gasteiger charge is -2.30. The van der Waals surface area contributed by atoms with Gasteiger partial charge in [0.2, 0.25) is 6.10 Å². The van der Waals surface area contributed by atoms with Crippen LogP contribution in [0.5, 0.6) is 5.75 Å². The summed E-state index contributed by atoms with van der Waals surface area (Å²) in [5, 5.41) is 9.40. The number of carboxylic acid groups (broad SMARTS) is 1. The molecule has 0 aliphatic carbocycles. The van der Waals surface area contributed by atoms with Crippen molar-refractivity contribution < 1.29 is 27.8 Å². The first-order valence-corrected chi connectivity index (χ1v) is 8.33.